The first-order chi connectivity index (χ1) is 13.7. The lowest BCUT2D eigenvalue weighted by Gasteiger charge is -2.01. The normalized spacial score (nSPS) is 11.2. The van der Waals surface area contributed by atoms with E-state index in [4.69, 9.17) is 9.97 Å². The smallest absolute Gasteiger partial charge is 0.217 e. The van der Waals surface area contributed by atoms with Crippen LogP contribution in [-0.4, -0.2) is 14.4 Å². The fraction of sp³-hybridized carbons (Fsp3) is 0.0870. The molecule has 0 aliphatic rings. The van der Waals surface area contributed by atoms with Crippen LogP contribution in [0.2, 0.25) is 0 Å². The highest BCUT2D eigenvalue weighted by atomic mass is 32.1. The maximum Gasteiger partial charge on any atom is 0.365 e. The third kappa shape index (κ3) is 2.80. The molecule has 0 saturated carbocycles. The first-order valence-electron chi connectivity index (χ1n) is 9.19. The van der Waals surface area contributed by atoms with Crippen molar-refractivity contribution in [3.05, 3.63) is 89.7 Å². The first kappa shape index (κ1) is 16.8. The van der Waals surface area contributed by atoms with Gasteiger partial charge in [-0.3, -0.25) is 0 Å². The van der Waals surface area contributed by atoms with E-state index >= 15 is 0 Å². The third-order valence-electron chi connectivity index (χ3n) is 4.79. The predicted octanol–water partition coefficient (Wildman–Crippen LogP) is 5.02. The first-order valence-corrected chi connectivity index (χ1v) is 10.1. The minimum atomic E-state index is 0.880. The van der Waals surface area contributed by atoms with Gasteiger partial charge in [-0.25, -0.2) is 4.40 Å². The van der Waals surface area contributed by atoms with E-state index in [1.807, 2.05) is 31.2 Å². The molecule has 0 spiro atoms. The average Bonchev–Trinajstić information content (AvgIpc) is 3.34. The lowest BCUT2D eigenvalue weighted by atomic mass is 10.2. The van der Waals surface area contributed by atoms with Gasteiger partial charge >= 0.3 is 5.78 Å². The molecule has 5 rings (SSSR count). The second kappa shape index (κ2) is 6.69. The molecule has 0 aliphatic heterocycles. The summed E-state index contributed by atoms with van der Waals surface area (Å²) in [7, 11) is 0. The molecule has 28 heavy (non-hydrogen) atoms. The zero-order valence-electron chi connectivity index (χ0n) is 15.7. The quantitative estimate of drug-likeness (QED) is 0.410. The number of hydrogen-bond donors (Lipinski definition) is 0. The van der Waals surface area contributed by atoms with Gasteiger partial charge in [0.25, 0.3) is 5.13 Å². The van der Waals surface area contributed by atoms with E-state index in [1.54, 1.807) is 11.3 Å². The van der Waals surface area contributed by atoms with Crippen LogP contribution < -0.4 is 4.57 Å². The molecule has 3 heterocycles. The van der Waals surface area contributed by atoms with Crippen molar-refractivity contribution >= 4 is 17.1 Å². The Labute approximate surface area is 167 Å². The van der Waals surface area contributed by atoms with E-state index in [-0.39, 0.29) is 0 Å². The van der Waals surface area contributed by atoms with Crippen LogP contribution >= 0.6 is 11.3 Å². The minimum absolute atomic E-state index is 0.880. The molecule has 136 valence electrons. The van der Waals surface area contributed by atoms with Gasteiger partial charge in [0.15, 0.2) is 0 Å². The summed E-state index contributed by atoms with van der Waals surface area (Å²) in [6, 6.07) is 22.8. The van der Waals surface area contributed by atoms with E-state index in [0.29, 0.717) is 0 Å². The third-order valence-corrected chi connectivity index (χ3v) is 5.63. The van der Waals surface area contributed by atoms with Crippen molar-refractivity contribution in [2.75, 3.05) is 0 Å². The Balaban J connectivity index is 1.74. The van der Waals surface area contributed by atoms with Gasteiger partial charge < -0.3 is 0 Å². The second-order valence-electron chi connectivity index (χ2n) is 6.81. The van der Waals surface area contributed by atoms with Crippen molar-refractivity contribution in [3.8, 4) is 27.6 Å². The van der Waals surface area contributed by atoms with Crippen LogP contribution in [0.5, 0.6) is 0 Å². The summed E-state index contributed by atoms with van der Waals surface area (Å²) in [5, 5.41) is 3.02. The van der Waals surface area contributed by atoms with Crippen molar-refractivity contribution in [2.45, 2.75) is 13.8 Å². The van der Waals surface area contributed by atoms with Crippen molar-refractivity contribution in [1.29, 1.82) is 0 Å². The molecular weight excluding hydrogens is 364 g/mol. The van der Waals surface area contributed by atoms with E-state index in [9.17, 15) is 0 Å². The van der Waals surface area contributed by atoms with E-state index in [1.165, 1.54) is 0 Å². The standard InChI is InChI=1S/C23H19N4S/c1-16-13-17(2)27-21(19-11-7-4-8-12-19)14-26(22(27)24-16)23-25-20(15-28-23)18-9-5-3-6-10-18/h3-15H,1-2H3/q+1. The largest absolute Gasteiger partial charge is 0.365 e. The van der Waals surface area contributed by atoms with Crippen molar-refractivity contribution < 1.29 is 4.57 Å². The molecule has 0 N–H and O–H groups in total. The SMILES string of the molecule is Cc1cc(C)n2c(-c3ccccc3)c[n+](-c3nc(-c4ccccc4)cs3)c2n1. The number of hydrogen-bond acceptors (Lipinski definition) is 3. The average molecular weight is 384 g/mol. The molecule has 0 aliphatic carbocycles. The molecular formula is C23H19N4S+. The molecule has 0 radical (unpaired) electrons. The Morgan fingerprint density at radius 3 is 2.25 bits per heavy atom. The molecule has 5 heteroatoms. The Hall–Kier alpha value is -3.31. The summed E-state index contributed by atoms with van der Waals surface area (Å²) in [6.45, 7) is 4.15. The van der Waals surface area contributed by atoms with Crippen molar-refractivity contribution in [2.24, 2.45) is 0 Å². The second-order valence-corrected chi connectivity index (χ2v) is 7.64. The number of aromatic nitrogens is 4. The van der Waals surface area contributed by atoms with Gasteiger partial charge in [-0.1, -0.05) is 72.0 Å². The summed E-state index contributed by atoms with van der Waals surface area (Å²) in [6.07, 6.45) is 2.14. The highest BCUT2D eigenvalue weighted by Crippen LogP contribution is 2.25. The summed E-state index contributed by atoms with van der Waals surface area (Å²) in [4.78, 5) is 9.73. The Bertz CT molecular complexity index is 1270. The fourth-order valence-corrected chi connectivity index (χ4v) is 4.34. The molecule has 5 aromatic rings. The van der Waals surface area contributed by atoms with Crippen molar-refractivity contribution in [1.82, 2.24) is 14.4 Å². The summed E-state index contributed by atoms with van der Waals surface area (Å²) in [5.74, 6) is 0.880. The van der Waals surface area contributed by atoms with Crippen LogP contribution in [0.15, 0.2) is 78.3 Å². The topological polar surface area (TPSA) is 34.1 Å². The maximum atomic E-state index is 4.90. The zero-order chi connectivity index (χ0) is 19.1. The summed E-state index contributed by atoms with van der Waals surface area (Å²) < 4.78 is 4.30. The van der Waals surface area contributed by atoms with Crippen LogP contribution in [0.3, 0.4) is 0 Å². The number of fused-ring (bicyclic) bond motifs is 1. The van der Waals surface area contributed by atoms with E-state index in [2.05, 4.69) is 69.9 Å². The highest BCUT2D eigenvalue weighted by molar-refractivity contribution is 7.12. The van der Waals surface area contributed by atoms with E-state index in [0.717, 1.165) is 44.8 Å². The van der Waals surface area contributed by atoms with Gasteiger partial charge in [-0.2, -0.15) is 4.57 Å². The van der Waals surface area contributed by atoms with Gasteiger partial charge in [0.05, 0.1) is 11.9 Å². The van der Waals surface area contributed by atoms with Crippen molar-refractivity contribution in [3.63, 3.8) is 0 Å². The van der Waals surface area contributed by atoms with Gasteiger partial charge in [0.2, 0.25) is 0 Å². The summed E-state index contributed by atoms with van der Waals surface area (Å²) >= 11 is 1.63. The van der Waals surface area contributed by atoms with Gasteiger partial charge in [0.1, 0.15) is 17.1 Å². The Kier molecular flexibility index (Phi) is 4.02. The van der Waals surface area contributed by atoms with E-state index < -0.39 is 0 Å². The number of nitrogens with zero attached hydrogens (tertiary/aromatic N) is 4. The number of rotatable bonds is 3. The van der Waals surface area contributed by atoms with Crippen LogP contribution in [0, 0.1) is 13.8 Å². The molecule has 3 aromatic heterocycles. The van der Waals surface area contributed by atoms with Crippen LogP contribution in [0.1, 0.15) is 11.4 Å². The minimum Gasteiger partial charge on any atom is -0.217 e. The Morgan fingerprint density at radius 1 is 0.857 bits per heavy atom. The van der Waals surface area contributed by atoms with Crippen LogP contribution in [0.25, 0.3) is 33.4 Å². The number of thiazole rings is 1. The molecule has 0 fully saturated rings. The van der Waals surface area contributed by atoms with Gasteiger partial charge in [0, 0.05) is 22.6 Å². The molecule has 0 bridgehead atoms. The molecule has 2 aromatic carbocycles. The highest BCUT2D eigenvalue weighted by Gasteiger charge is 2.23. The monoisotopic (exact) mass is 383 g/mol. The maximum absolute atomic E-state index is 4.90. The molecule has 0 saturated heterocycles. The Morgan fingerprint density at radius 2 is 1.54 bits per heavy atom. The zero-order valence-corrected chi connectivity index (χ0v) is 16.5. The van der Waals surface area contributed by atoms with Crippen LogP contribution in [0.4, 0.5) is 0 Å². The molecule has 0 unspecified atom stereocenters. The van der Waals surface area contributed by atoms with Gasteiger partial charge in [-0.05, 0) is 13.8 Å². The lowest BCUT2D eigenvalue weighted by Crippen LogP contribution is -2.30. The number of imidazole rings is 1. The predicted molar refractivity (Wildman–Crippen MR) is 113 cm³/mol. The summed E-state index contributed by atoms with van der Waals surface area (Å²) in [5.41, 5.74) is 6.52. The lowest BCUT2D eigenvalue weighted by molar-refractivity contribution is -0.568. The molecule has 0 amide bonds. The molecule has 4 nitrogen and oxygen atoms in total. The number of benzene rings is 2. The van der Waals surface area contributed by atoms with Crippen LogP contribution in [-0.2, 0) is 0 Å². The van der Waals surface area contributed by atoms with Gasteiger partial charge in [-0.15, -0.1) is 9.97 Å². The fourth-order valence-electron chi connectivity index (χ4n) is 3.53. The molecule has 0 atom stereocenters. The number of aryl methyl sites for hydroxylation is 2.